The molecule has 0 aliphatic carbocycles. The van der Waals surface area contributed by atoms with Crippen LogP contribution in [0.4, 0.5) is 17.1 Å². The van der Waals surface area contributed by atoms with Crippen molar-refractivity contribution >= 4 is 71.6 Å². The van der Waals surface area contributed by atoms with E-state index in [4.69, 9.17) is 4.42 Å². The highest BCUT2D eigenvalue weighted by atomic mass is 16.3. The van der Waals surface area contributed by atoms with E-state index in [-0.39, 0.29) is 0 Å². The van der Waals surface area contributed by atoms with E-state index in [1.165, 1.54) is 49.3 Å². The van der Waals surface area contributed by atoms with Crippen LogP contribution in [-0.2, 0) is 0 Å². The highest BCUT2D eigenvalue weighted by Gasteiger charge is 2.23. The number of benzene rings is 11. The molecular formula is C64H42N2O. The van der Waals surface area contributed by atoms with E-state index in [0.717, 1.165) is 72.5 Å². The standard InChI is InChI=1S/C64H42N2O/c1-3-17-44(18-4-1)51-27-15-19-45-20-16-28-57(64(45)51)53-25-9-13-31-60(53)65(58-29-11-7-23-50(58)47-36-40-56-55-26-10-14-32-62(55)67-63(56)42-47)49-37-33-43(34-38-49)46-35-39-54-52-24-8-12-30-59(52)66(61(54)41-46)48-21-5-2-6-22-48/h1-42H. The maximum Gasteiger partial charge on any atom is 0.136 e. The second-order valence-corrected chi connectivity index (χ2v) is 17.2. The number of rotatable bonds is 8. The molecule has 67 heavy (non-hydrogen) atoms. The molecule has 11 aromatic carbocycles. The Hall–Kier alpha value is -8.92. The Labute approximate surface area is 388 Å². The van der Waals surface area contributed by atoms with Crippen LogP contribution >= 0.6 is 0 Å². The molecule has 314 valence electrons. The Kier molecular flexibility index (Phi) is 9.17. The first kappa shape index (κ1) is 38.5. The average molecular weight is 855 g/mol. The van der Waals surface area contributed by atoms with Crippen LogP contribution in [0.25, 0.3) is 105 Å². The molecule has 0 saturated heterocycles. The normalized spacial score (nSPS) is 11.6. The third-order valence-electron chi connectivity index (χ3n) is 13.4. The lowest BCUT2D eigenvalue weighted by molar-refractivity contribution is 0.669. The van der Waals surface area contributed by atoms with Gasteiger partial charge < -0.3 is 13.9 Å². The van der Waals surface area contributed by atoms with Crippen LogP contribution in [0.2, 0.25) is 0 Å². The molecule has 0 saturated carbocycles. The molecule has 0 aliphatic heterocycles. The van der Waals surface area contributed by atoms with Crippen LogP contribution in [0, 0.1) is 0 Å². The van der Waals surface area contributed by atoms with Crippen molar-refractivity contribution in [2.24, 2.45) is 0 Å². The van der Waals surface area contributed by atoms with Crippen LogP contribution < -0.4 is 4.90 Å². The first-order valence-electron chi connectivity index (χ1n) is 22.9. The molecule has 2 heterocycles. The van der Waals surface area contributed by atoms with E-state index in [1.54, 1.807) is 0 Å². The van der Waals surface area contributed by atoms with Crippen molar-refractivity contribution in [3.63, 3.8) is 0 Å². The van der Waals surface area contributed by atoms with E-state index in [2.05, 4.69) is 252 Å². The predicted molar refractivity (Wildman–Crippen MR) is 282 cm³/mol. The van der Waals surface area contributed by atoms with Gasteiger partial charge >= 0.3 is 0 Å². The molecule has 0 bridgehead atoms. The third kappa shape index (κ3) is 6.51. The molecule has 0 radical (unpaired) electrons. The molecule has 13 aromatic rings. The van der Waals surface area contributed by atoms with Gasteiger partial charge in [0.25, 0.3) is 0 Å². The fourth-order valence-electron chi connectivity index (χ4n) is 10.3. The largest absolute Gasteiger partial charge is 0.456 e. The van der Waals surface area contributed by atoms with Crippen molar-refractivity contribution in [1.82, 2.24) is 4.57 Å². The fraction of sp³-hybridized carbons (Fsp3) is 0. The van der Waals surface area contributed by atoms with Crippen LogP contribution in [0.5, 0.6) is 0 Å². The summed E-state index contributed by atoms with van der Waals surface area (Å²) in [5.74, 6) is 0. The maximum absolute atomic E-state index is 6.47. The SMILES string of the molecule is c1ccc(-c2cccc3cccc(-c4ccccc4N(c4ccc(-c5ccc6c7ccccc7n(-c7ccccc7)c6c5)cc4)c4ccccc4-c4ccc5c(c4)oc4ccccc45)c23)cc1. The van der Waals surface area contributed by atoms with Gasteiger partial charge in [0.1, 0.15) is 11.2 Å². The number of nitrogens with zero attached hydrogens (tertiary/aromatic N) is 2. The number of fused-ring (bicyclic) bond motifs is 7. The fourth-order valence-corrected chi connectivity index (χ4v) is 10.3. The van der Waals surface area contributed by atoms with Crippen LogP contribution in [0.1, 0.15) is 0 Å². The molecule has 0 aliphatic rings. The lowest BCUT2D eigenvalue weighted by Crippen LogP contribution is -2.12. The molecule has 0 amide bonds. The van der Waals surface area contributed by atoms with E-state index >= 15 is 0 Å². The van der Waals surface area contributed by atoms with Gasteiger partial charge in [-0.05, 0) is 111 Å². The molecule has 3 nitrogen and oxygen atoms in total. The first-order chi connectivity index (χ1) is 33.2. The molecular weight excluding hydrogens is 813 g/mol. The Bertz CT molecular complexity index is 3970. The quantitative estimate of drug-likeness (QED) is 0.152. The number of hydrogen-bond acceptors (Lipinski definition) is 2. The smallest absolute Gasteiger partial charge is 0.136 e. The molecule has 2 aromatic heterocycles. The lowest BCUT2D eigenvalue weighted by Gasteiger charge is -2.30. The Balaban J connectivity index is 1.00. The van der Waals surface area contributed by atoms with Gasteiger partial charge in [0, 0.05) is 44.0 Å². The van der Waals surface area contributed by atoms with Gasteiger partial charge in [-0.1, -0.05) is 188 Å². The highest BCUT2D eigenvalue weighted by molar-refractivity contribution is 6.12. The summed E-state index contributed by atoms with van der Waals surface area (Å²) in [6.07, 6.45) is 0. The minimum Gasteiger partial charge on any atom is -0.456 e. The summed E-state index contributed by atoms with van der Waals surface area (Å²) in [7, 11) is 0. The number of furan rings is 1. The molecule has 0 spiro atoms. The molecule has 0 fully saturated rings. The van der Waals surface area contributed by atoms with Gasteiger partial charge in [0.15, 0.2) is 0 Å². The highest BCUT2D eigenvalue weighted by Crippen LogP contribution is 2.48. The van der Waals surface area contributed by atoms with Crippen molar-refractivity contribution in [2.75, 3.05) is 4.90 Å². The summed E-state index contributed by atoms with van der Waals surface area (Å²) in [5.41, 5.74) is 17.7. The topological polar surface area (TPSA) is 21.3 Å². The zero-order valence-electron chi connectivity index (χ0n) is 36.6. The van der Waals surface area contributed by atoms with Crippen molar-refractivity contribution in [1.29, 1.82) is 0 Å². The van der Waals surface area contributed by atoms with Gasteiger partial charge in [0.05, 0.1) is 22.4 Å². The van der Waals surface area contributed by atoms with Gasteiger partial charge in [-0.2, -0.15) is 0 Å². The van der Waals surface area contributed by atoms with Crippen LogP contribution in [-0.4, -0.2) is 4.57 Å². The Morgan fingerprint density at radius 2 is 0.881 bits per heavy atom. The molecule has 0 unspecified atom stereocenters. The number of hydrogen-bond donors (Lipinski definition) is 0. The van der Waals surface area contributed by atoms with Crippen molar-refractivity contribution in [2.45, 2.75) is 0 Å². The number of aromatic nitrogens is 1. The van der Waals surface area contributed by atoms with Crippen molar-refractivity contribution < 1.29 is 4.42 Å². The first-order valence-corrected chi connectivity index (χ1v) is 22.9. The zero-order chi connectivity index (χ0) is 44.3. The summed E-state index contributed by atoms with van der Waals surface area (Å²) in [5, 5.41) is 7.15. The molecule has 0 atom stereocenters. The van der Waals surface area contributed by atoms with Gasteiger partial charge in [-0.25, -0.2) is 0 Å². The van der Waals surface area contributed by atoms with Crippen LogP contribution in [0.3, 0.4) is 0 Å². The van der Waals surface area contributed by atoms with E-state index in [1.807, 2.05) is 12.1 Å². The summed E-state index contributed by atoms with van der Waals surface area (Å²) in [6.45, 7) is 0. The summed E-state index contributed by atoms with van der Waals surface area (Å²) >= 11 is 0. The number of anilines is 3. The zero-order valence-corrected chi connectivity index (χ0v) is 36.6. The van der Waals surface area contributed by atoms with Crippen LogP contribution in [0.15, 0.2) is 259 Å². The van der Waals surface area contributed by atoms with Crippen molar-refractivity contribution in [3.8, 4) is 50.2 Å². The lowest BCUT2D eigenvalue weighted by atomic mass is 9.90. The van der Waals surface area contributed by atoms with Crippen molar-refractivity contribution in [3.05, 3.63) is 255 Å². The predicted octanol–water partition coefficient (Wildman–Crippen LogP) is 18.0. The Morgan fingerprint density at radius 1 is 0.313 bits per heavy atom. The minimum absolute atomic E-state index is 0.872. The van der Waals surface area contributed by atoms with E-state index in [0.29, 0.717) is 0 Å². The summed E-state index contributed by atoms with van der Waals surface area (Å²) in [4.78, 5) is 2.44. The van der Waals surface area contributed by atoms with Gasteiger partial charge in [-0.3, -0.25) is 0 Å². The molecule has 0 N–H and O–H groups in total. The van der Waals surface area contributed by atoms with E-state index in [9.17, 15) is 0 Å². The average Bonchev–Trinajstić information content (AvgIpc) is 3.94. The maximum atomic E-state index is 6.47. The minimum atomic E-state index is 0.872. The third-order valence-corrected chi connectivity index (χ3v) is 13.4. The summed E-state index contributed by atoms with van der Waals surface area (Å²) in [6, 6.07) is 92.0. The second-order valence-electron chi connectivity index (χ2n) is 17.2. The molecule has 13 rings (SSSR count). The monoisotopic (exact) mass is 854 g/mol. The van der Waals surface area contributed by atoms with E-state index < -0.39 is 0 Å². The van der Waals surface area contributed by atoms with Gasteiger partial charge in [0.2, 0.25) is 0 Å². The molecule has 3 heteroatoms. The summed E-state index contributed by atoms with van der Waals surface area (Å²) < 4.78 is 8.85. The second kappa shape index (κ2) is 16.0. The van der Waals surface area contributed by atoms with Gasteiger partial charge in [-0.15, -0.1) is 0 Å². The Morgan fingerprint density at radius 3 is 1.69 bits per heavy atom. The number of para-hydroxylation sites is 5.